The van der Waals surface area contributed by atoms with E-state index in [1.807, 2.05) is 44.2 Å². The molecule has 2 aromatic carbocycles. The molecule has 0 unspecified atom stereocenters. The van der Waals surface area contributed by atoms with Gasteiger partial charge in [-0.25, -0.2) is 0 Å². The topological polar surface area (TPSA) is 41.6 Å². The Kier molecular flexibility index (Phi) is 6.16. The average Bonchev–Trinajstić information content (AvgIpc) is 2.91. The van der Waals surface area contributed by atoms with Gasteiger partial charge in [-0.3, -0.25) is 4.79 Å². The first-order chi connectivity index (χ1) is 12.6. The number of benzene rings is 2. The lowest BCUT2D eigenvalue weighted by atomic mass is 10.1. The van der Waals surface area contributed by atoms with Crippen LogP contribution in [-0.2, 0) is 4.79 Å². The molecule has 0 atom stereocenters. The standard InChI is InChI=1S/C22H28N2O2/c1-17-8-7-9-18(2)22(17)26-16-21(25)23-19-10-12-20(13-11-19)24-14-5-3-4-6-15-24/h7-13H,3-6,14-16H2,1-2H3,(H,23,25). The molecule has 0 radical (unpaired) electrons. The maximum Gasteiger partial charge on any atom is 0.262 e. The number of aryl methyl sites for hydroxylation is 2. The van der Waals surface area contributed by atoms with E-state index in [0.717, 1.165) is 35.7 Å². The predicted molar refractivity (Wildman–Crippen MR) is 107 cm³/mol. The molecule has 1 amide bonds. The summed E-state index contributed by atoms with van der Waals surface area (Å²) in [7, 11) is 0. The van der Waals surface area contributed by atoms with E-state index >= 15 is 0 Å². The van der Waals surface area contributed by atoms with Crippen molar-refractivity contribution in [1.82, 2.24) is 0 Å². The van der Waals surface area contributed by atoms with Crippen molar-refractivity contribution in [3.63, 3.8) is 0 Å². The van der Waals surface area contributed by atoms with Gasteiger partial charge in [0.1, 0.15) is 5.75 Å². The Morgan fingerprint density at radius 3 is 2.19 bits per heavy atom. The number of nitrogens with zero attached hydrogens (tertiary/aromatic N) is 1. The highest BCUT2D eigenvalue weighted by Crippen LogP contribution is 2.23. The van der Waals surface area contributed by atoms with Crippen LogP contribution in [0.25, 0.3) is 0 Å². The molecule has 26 heavy (non-hydrogen) atoms. The lowest BCUT2D eigenvalue weighted by molar-refractivity contribution is -0.118. The van der Waals surface area contributed by atoms with Crippen LogP contribution in [0.1, 0.15) is 36.8 Å². The first-order valence-electron chi connectivity index (χ1n) is 9.47. The third-order valence-corrected chi connectivity index (χ3v) is 4.88. The van der Waals surface area contributed by atoms with Crippen LogP contribution in [0.4, 0.5) is 11.4 Å². The molecule has 1 aliphatic rings. The Morgan fingerprint density at radius 2 is 1.58 bits per heavy atom. The smallest absolute Gasteiger partial charge is 0.262 e. The number of anilines is 2. The van der Waals surface area contributed by atoms with Crippen LogP contribution < -0.4 is 15.0 Å². The molecule has 4 nitrogen and oxygen atoms in total. The Hall–Kier alpha value is -2.49. The third kappa shape index (κ3) is 4.78. The van der Waals surface area contributed by atoms with Crippen LogP contribution >= 0.6 is 0 Å². The predicted octanol–water partition coefficient (Wildman–Crippen LogP) is 4.70. The first-order valence-corrected chi connectivity index (χ1v) is 9.47. The van der Waals surface area contributed by atoms with E-state index in [2.05, 4.69) is 22.3 Å². The van der Waals surface area contributed by atoms with Crippen LogP contribution in [0, 0.1) is 13.8 Å². The largest absolute Gasteiger partial charge is 0.483 e. The molecule has 4 heteroatoms. The van der Waals surface area contributed by atoms with Gasteiger partial charge in [0.25, 0.3) is 5.91 Å². The van der Waals surface area contributed by atoms with Gasteiger partial charge in [-0.1, -0.05) is 31.0 Å². The van der Waals surface area contributed by atoms with Crippen molar-refractivity contribution in [3.8, 4) is 5.75 Å². The van der Waals surface area contributed by atoms with Gasteiger partial charge in [-0.05, 0) is 62.1 Å². The van der Waals surface area contributed by atoms with Crippen molar-refractivity contribution in [3.05, 3.63) is 53.6 Å². The highest BCUT2D eigenvalue weighted by Gasteiger charge is 2.11. The zero-order chi connectivity index (χ0) is 18.4. The van der Waals surface area contributed by atoms with E-state index in [9.17, 15) is 4.79 Å². The first kappa shape index (κ1) is 18.3. The number of carbonyl (C=O) groups excluding carboxylic acids is 1. The summed E-state index contributed by atoms with van der Waals surface area (Å²) in [5.41, 5.74) is 4.12. The summed E-state index contributed by atoms with van der Waals surface area (Å²) in [5, 5.41) is 2.91. The molecule has 1 N–H and O–H groups in total. The fourth-order valence-corrected chi connectivity index (χ4v) is 3.45. The minimum absolute atomic E-state index is 0.0135. The average molecular weight is 352 g/mol. The molecule has 1 saturated heterocycles. The summed E-state index contributed by atoms with van der Waals surface area (Å²) in [5.74, 6) is 0.648. The van der Waals surface area contributed by atoms with E-state index in [-0.39, 0.29) is 12.5 Å². The Bertz CT molecular complexity index is 712. The zero-order valence-corrected chi connectivity index (χ0v) is 15.8. The maximum atomic E-state index is 12.2. The van der Waals surface area contributed by atoms with Crippen molar-refractivity contribution in [2.75, 3.05) is 29.9 Å². The molecule has 1 aliphatic heterocycles. The van der Waals surface area contributed by atoms with Gasteiger partial charge < -0.3 is 15.0 Å². The molecule has 138 valence electrons. The lowest BCUT2D eigenvalue weighted by Gasteiger charge is -2.22. The second-order valence-corrected chi connectivity index (χ2v) is 7.01. The van der Waals surface area contributed by atoms with Gasteiger partial charge >= 0.3 is 0 Å². The number of nitrogens with one attached hydrogen (secondary N) is 1. The summed E-state index contributed by atoms with van der Waals surface area (Å²) < 4.78 is 5.71. The fourth-order valence-electron chi connectivity index (χ4n) is 3.45. The second kappa shape index (κ2) is 8.75. The number of hydrogen-bond acceptors (Lipinski definition) is 3. The zero-order valence-electron chi connectivity index (χ0n) is 15.8. The fraction of sp³-hybridized carbons (Fsp3) is 0.409. The highest BCUT2D eigenvalue weighted by molar-refractivity contribution is 5.92. The van der Waals surface area contributed by atoms with Crippen molar-refractivity contribution in [1.29, 1.82) is 0 Å². The molecule has 2 aromatic rings. The van der Waals surface area contributed by atoms with Crippen molar-refractivity contribution in [2.24, 2.45) is 0 Å². The molecule has 0 saturated carbocycles. The number of carbonyl (C=O) groups is 1. The molecule has 0 aromatic heterocycles. The van der Waals surface area contributed by atoms with Gasteiger partial charge in [0.05, 0.1) is 0 Å². The molecule has 0 spiro atoms. The quantitative estimate of drug-likeness (QED) is 0.848. The number of rotatable bonds is 5. The molecule has 1 heterocycles. The van der Waals surface area contributed by atoms with Crippen LogP contribution in [0.15, 0.2) is 42.5 Å². The van der Waals surface area contributed by atoms with E-state index in [0.29, 0.717) is 0 Å². The number of ether oxygens (including phenoxy) is 1. The van der Waals surface area contributed by atoms with Gasteiger partial charge in [-0.2, -0.15) is 0 Å². The minimum atomic E-state index is -0.143. The van der Waals surface area contributed by atoms with Crippen molar-refractivity contribution in [2.45, 2.75) is 39.5 Å². The Morgan fingerprint density at radius 1 is 0.962 bits per heavy atom. The summed E-state index contributed by atoms with van der Waals surface area (Å²) in [6, 6.07) is 14.1. The number of para-hydroxylation sites is 1. The molecule has 0 bridgehead atoms. The van der Waals surface area contributed by atoms with E-state index in [1.54, 1.807) is 0 Å². The van der Waals surface area contributed by atoms with E-state index < -0.39 is 0 Å². The summed E-state index contributed by atoms with van der Waals surface area (Å²) in [4.78, 5) is 14.6. The summed E-state index contributed by atoms with van der Waals surface area (Å²) >= 11 is 0. The Labute approximate surface area is 156 Å². The van der Waals surface area contributed by atoms with E-state index in [1.165, 1.54) is 31.4 Å². The Balaban J connectivity index is 1.54. The second-order valence-electron chi connectivity index (χ2n) is 7.01. The highest BCUT2D eigenvalue weighted by atomic mass is 16.5. The van der Waals surface area contributed by atoms with Crippen LogP contribution in [0.5, 0.6) is 5.75 Å². The SMILES string of the molecule is Cc1cccc(C)c1OCC(=O)Nc1ccc(N2CCCCCC2)cc1. The molecule has 3 rings (SSSR count). The lowest BCUT2D eigenvalue weighted by Crippen LogP contribution is -2.24. The normalized spacial score (nSPS) is 14.6. The van der Waals surface area contributed by atoms with Crippen molar-refractivity contribution < 1.29 is 9.53 Å². The van der Waals surface area contributed by atoms with Gasteiger partial charge in [0, 0.05) is 24.5 Å². The number of hydrogen-bond donors (Lipinski definition) is 1. The molecular weight excluding hydrogens is 324 g/mol. The maximum absolute atomic E-state index is 12.2. The molecule has 0 aliphatic carbocycles. The van der Waals surface area contributed by atoms with Crippen LogP contribution in [0.3, 0.4) is 0 Å². The monoisotopic (exact) mass is 352 g/mol. The van der Waals surface area contributed by atoms with Crippen LogP contribution in [0.2, 0.25) is 0 Å². The van der Waals surface area contributed by atoms with Crippen LogP contribution in [-0.4, -0.2) is 25.6 Å². The van der Waals surface area contributed by atoms with Gasteiger partial charge in [0.15, 0.2) is 6.61 Å². The summed E-state index contributed by atoms with van der Waals surface area (Å²) in [6.07, 6.45) is 5.16. The van der Waals surface area contributed by atoms with Gasteiger partial charge in [0.2, 0.25) is 0 Å². The number of amides is 1. The summed E-state index contributed by atoms with van der Waals surface area (Å²) in [6.45, 7) is 6.23. The molecule has 1 fully saturated rings. The minimum Gasteiger partial charge on any atom is -0.483 e. The van der Waals surface area contributed by atoms with E-state index in [4.69, 9.17) is 4.74 Å². The van der Waals surface area contributed by atoms with Gasteiger partial charge in [-0.15, -0.1) is 0 Å². The molecular formula is C22H28N2O2. The third-order valence-electron chi connectivity index (χ3n) is 4.88. The van der Waals surface area contributed by atoms with Crippen molar-refractivity contribution >= 4 is 17.3 Å².